The molecule has 2 fully saturated rings. The van der Waals surface area contributed by atoms with E-state index >= 15 is 0 Å². The summed E-state index contributed by atoms with van der Waals surface area (Å²) in [4.78, 5) is 55.2. The Hall–Kier alpha value is -4.18. The highest BCUT2D eigenvalue weighted by molar-refractivity contribution is 5.90. The number of rotatable bonds is 4. The number of likely N-dealkylation sites (tertiary alicyclic amines) is 1. The van der Waals surface area contributed by atoms with E-state index in [1.54, 1.807) is 23.1 Å². The number of carbonyl (C=O) groups excluding carboxylic acids is 3. The third-order valence-electron chi connectivity index (χ3n) is 9.23. The second kappa shape index (κ2) is 12.6. The lowest BCUT2D eigenvalue weighted by molar-refractivity contribution is -0.140. The Bertz CT molecular complexity index is 1550. The van der Waals surface area contributed by atoms with E-state index in [1.165, 1.54) is 4.57 Å². The molecule has 10 heteroatoms. The van der Waals surface area contributed by atoms with Gasteiger partial charge in [-0.25, -0.2) is 4.79 Å². The molecule has 43 heavy (non-hydrogen) atoms. The van der Waals surface area contributed by atoms with Crippen LogP contribution in [0.5, 0.6) is 0 Å². The molecule has 2 aromatic carbocycles. The molecule has 0 saturated carbocycles. The van der Waals surface area contributed by atoms with Gasteiger partial charge in [-0.15, -0.1) is 0 Å². The number of para-hydroxylation sites is 2. The molecule has 1 aromatic heterocycles. The van der Waals surface area contributed by atoms with E-state index < -0.39 is 17.2 Å². The van der Waals surface area contributed by atoms with Crippen LogP contribution in [0.1, 0.15) is 37.7 Å². The number of allylic oxidation sites excluding steroid dienone is 2. The summed E-state index contributed by atoms with van der Waals surface area (Å²) >= 11 is 0. The van der Waals surface area contributed by atoms with Crippen molar-refractivity contribution in [2.75, 3.05) is 26.3 Å². The van der Waals surface area contributed by atoms with Crippen LogP contribution in [-0.4, -0.2) is 65.6 Å². The molecule has 226 valence electrons. The van der Waals surface area contributed by atoms with Gasteiger partial charge in [0.05, 0.1) is 10.9 Å². The maximum atomic E-state index is 13.8. The SMILES string of the molecule is O=C1N[C@H]2CCN(C(=O)Cn3c(=O)oc4ccccc43)C[C@H]2C/C=C/CC2(CCOCC2)C(=O)N[C@@H]1Cc1ccccc1. The van der Waals surface area contributed by atoms with Crippen molar-refractivity contribution in [1.82, 2.24) is 20.1 Å². The predicted octanol–water partition coefficient (Wildman–Crippen LogP) is 2.80. The number of amides is 3. The van der Waals surface area contributed by atoms with E-state index in [-0.39, 0.29) is 36.2 Å². The first-order chi connectivity index (χ1) is 20.9. The summed E-state index contributed by atoms with van der Waals surface area (Å²) in [6.07, 6.45) is 7.53. The van der Waals surface area contributed by atoms with Crippen LogP contribution < -0.4 is 16.4 Å². The number of ether oxygens (including phenoxy) is 1. The van der Waals surface area contributed by atoms with Crippen LogP contribution in [0.25, 0.3) is 11.1 Å². The van der Waals surface area contributed by atoms with Crippen molar-refractivity contribution >= 4 is 28.8 Å². The monoisotopic (exact) mass is 586 g/mol. The molecule has 4 heterocycles. The fourth-order valence-corrected chi connectivity index (χ4v) is 6.61. The lowest BCUT2D eigenvalue weighted by atomic mass is 9.75. The summed E-state index contributed by atoms with van der Waals surface area (Å²) in [6, 6.07) is 15.9. The van der Waals surface area contributed by atoms with Gasteiger partial charge in [0.15, 0.2) is 5.58 Å². The molecule has 3 atom stereocenters. The molecule has 3 aromatic rings. The molecule has 2 saturated heterocycles. The Morgan fingerprint density at radius 1 is 0.953 bits per heavy atom. The van der Waals surface area contributed by atoms with Crippen molar-refractivity contribution in [3.8, 4) is 0 Å². The van der Waals surface area contributed by atoms with Crippen molar-refractivity contribution in [2.45, 2.75) is 57.2 Å². The Morgan fingerprint density at radius 2 is 1.72 bits per heavy atom. The third-order valence-corrected chi connectivity index (χ3v) is 9.23. The van der Waals surface area contributed by atoms with Crippen molar-refractivity contribution in [1.29, 1.82) is 0 Å². The van der Waals surface area contributed by atoms with E-state index in [0.29, 0.717) is 75.9 Å². The minimum Gasteiger partial charge on any atom is -0.408 e. The van der Waals surface area contributed by atoms with Gasteiger partial charge in [0.2, 0.25) is 17.7 Å². The molecule has 6 rings (SSSR count). The summed E-state index contributed by atoms with van der Waals surface area (Å²) in [5.74, 6) is -1.05. The maximum absolute atomic E-state index is 13.8. The quantitative estimate of drug-likeness (QED) is 0.454. The number of hydrogen-bond acceptors (Lipinski definition) is 6. The van der Waals surface area contributed by atoms with Gasteiger partial charge in [-0.1, -0.05) is 54.6 Å². The zero-order valence-electron chi connectivity index (χ0n) is 24.2. The van der Waals surface area contributed by atoms with E-state index in [4.69, 9.17) is 9.15 Å². The number of carbonyl (C=O) groups is 3. The first-order valence-electron chi connectivity index (χ1n) is 15.2. The van der Waals surface area contributed by atoms with Gasteiger partial charge in [-0.2, -0.15) is 0 Å². The van der Waals surface area contributed by atoms with Gasteiger partial charge in [-0.05, 0) is 49.8 Å². The highest BCUT2D eigenvalue weighted by Crippen LogP contribution is 2.36. The van der Waals surface area contributed by atoms with Crippen molar-refractivity contribution in [2.24, 2.45) is 11.3 Å². The largest absolute Gasteiger partial charge is 0.420 e. The average molecular weight is 587 g/mol. The topological polar surface area (TPSA) is 123 Å². The summed E-state index contributed by atoms with van der Waals surface area (Å²) in [5.41, 5.74) is 1.38. The fraction of sp³-hybridized carbons (Fsp3) is 0.455. The highest BCUT2D eigenvalue weighted by Gasteiger charge is 2.41. The first kappa shape index (κ1) is 28.9. The second-order valence-corrected chi connectivity index (χ2v) is 11.9. The van der Waals surface area contributed by atoms with Crippen molar-refractivity contribution in [3.05, 3.63) is 82.9 Å². The van der Waals surface area contributed by atoms with Crippen LogP contribution in [0, 0.1) is 11.3 Å². The molecule has 1 spiro atoms. The summed E-state index contributed by atoms with van der Waals surface area (Å²) in [7, 11) is 0. The van der Waals surface area contributed by atoms with Crippen LogP contribution in [-0.2, 0) is 32.1 Å². The Labute approximate surface area is 250 Å². The second-order valence-electron chi connectivity index (χ2n) is 11.9. The van der Waals surface area contributed by atoms with Gasteiger partial charge in [-0.3, -0.25) is 19.0 Å². The van der Waals surface area contributed by atoms with E-state index in [1.807, 2.05) is 36.4 Å². The number of hydrogen-bond donors (Lipinski definition) is 2. The Balaban J connectivity index is 1.22. The Kier molecular flexibility index (Phi) is 8.47. The predicted molar refractivity (Wildman–Crippen MR) is 160 cm³/mol. The molecule has 3 amide bonds. The number of oxazole rings is 1. The fourth-order valence-electron chi connectivity index (χ4n) is 6.61. The van der Waals surface area contributed by atoms with E-state index in [9.17, 15) is 19.2 Å². The number of nitrogens with zero attached hydrogens (tertiary/aromatic N) is 2. The van der Waals surface area contributed by atoms with Gasteiger partial charge in [0, 0.05) is 44.7 Å². The summed E-state index contributed by atoms with van der Waals surface area (Å²) in [6.45, 7) is 1.81. The van der Waals surface area contributed by atoms with Crippen molar-refractivity contribution in [3.63, 3.8) is 0 Å². The minimum absolute atomic E-state index is 0.0196. The van der Waals surface area contributed by atoms with E-state index in [0.717, 1.165) is 5.56 Å². The number of piperidine rings is 1. The standard InChI is InChI=1S/C33H38N4O6/c38-29(22-37-27-11-4-5-12-28(27)43-32(37)41)36-17-13-25-24(21-36)10-6-7-14-33(15-18-42-19-16-33)31(40)35-26(30(39)34-25)20-23-8-2-1-3-9-23/h1-9,11-12,24-26H,10,13-22H2,(H,34,39)(H,35,40)/b7-6+/t24-,25+,26-/m1/s1. The first-order valence-corrected chi connectivity index (χ1v) is 15.2. The van der Waals surface area contributed by atoms with Crippen LogP contribution in [0.4, 0.5) is 0 Å². The number of aromatic nitrogens is 1. The zero-order chi connectivity index (χ0) is 29.8. The summed E-state index contributed by atoms with van der Waals surface area (Å²) in [5, 5.41) is 6.35. The molecule has 0 aliphatic carbocycles. The number of nitrogens with one attached hydrogen (secondary N) is 2. The molecular formula is C33H38N4O6. The molecule has 3 aliphatic rings. The number of benzene rings is 2. The Morgan fingerprint density at radius 3 is 2.53 bits per heavy atom. The zero-order valence-corrected chi connectivity index (χ0v) is 24.2. The smallest absolute Gasteiger partial charge is 0.408 e. The lowest BCUT2D eigenvalue weighted by Crippen LogP contribution is -2.58. The molecular weight excluding hydrogens is 548 g/mol. The average Bonchev–Trinajstić information content (AvgIpc) is 3.34. The summed E-state index contributed by atoms with van der Waals surface area (Å²) < 4.78 is 12.3. The third kappa shape index (κ3) is 6.29. The van der Waals surface area contributed by atoms with Crippen LogP contribution in [0.15, 0.2) is 76.0 Å². The normalized spacial score (nSPS) is 25.2. The van der Waals surface area contributed by atoms with Gasteiger partial charge < -0.3 is 24.7 Å². The van der Waals surface area contributed by atoms with Crippen LogP contribution >= 0.6 is 0 Å². The van der Waals surface area contributed by atoms with Gasteiger partial charge in [0.1, 0.15) is 12.6 Å². The minimum atomic E-state index is -0.723. The molecule has 0 radical (unpaired) electrons. The van der Waals surface area contributed by atoms with Gasteiger partial charge in [0.25, 0.3) is 0 Å². The molecule has 3 aliphatic heterocycles. The van der Waals surface area contributed by atoms with E-state index in [2.05, 4.69) is 22.8 Å². The van der Waals surface area contributed by atoms with Crippen LogP contribution in [0.2, 0.25) is 0 Å². The molecule has 0 bridgehead atoms. The van der Waals surface area contributed by atoms with Crippen molar-refractivity contribution < 1.29 is 23.5 Å². The lowest BCUT2D eigenvalue weighted by Gasteiger charge is -2.40. The highest BCUT2D eigenvalue weighted by atomic mass is 16.5. The number of fused-ring (bicyclic) bond motifs is 2. The van der Waals surface area contributed by atoms with Crippen LogP contribution in [0.3, 0.4) is 0 Å². The maximum Gasteiger partial charge on any atom is 0.420 e. The molecule has 0 unspecified atom stereocenters. The molecule has 10 nitrogen and oxygen atoms in total. The van der Waals surface area contributed by atoms with Gasteiger partial charge >= 0.3 is 5.76 Å². The molecule has 2 N–H and O–H groups in total.